The van der Waals surface area contributed by atoms with Gasteiger partial charge in [0.05, 0.1) is 17.7 Å². The summed E-state index contributed by atoms with van der Waals surface area (Å²) in [6, 6.07) is 5.96. The summed E-state index contributed by atoms with van der Waals surface area (Å²) in [7, 11) is 1.61. The molecule has 1 aromatic rings. The van der Waals surface area contributed by atoms with E-state index in [1.54, 1.807) is 24.1 Å². The molecule has 0 unspecified atom stereocenters. The third kappa shape index (κ3) is 3.09. The van der Waals surface area contributed by atoms with Crippen molar-refractivity contribution in [3.8, 4) is 0 Å². The van der Waals surface area contributed by atoms with Crippen molar-refractivity contribution < 1.29 is 23.8 Å². The van der Waals surface area contributed by atoms with E-state index in [0.717, 1.165) is 12.8 Å². The first kappa shape index (κ1) is 19.1. The summed E-state index contributed by atoms with van der Waals surface area (Å²) in [4.78, 5) is 14.8. The fourth-order valence-electron chi connectivity index (χ4n) is 4.61. The maximum absolute atomic E-state index is 13.7. The summed E-state index contributed by atoms with van der Waals surface area (Å²) in [5.74, 6) is -0.402. The molecule has 0 aromatic heterocycles. The Balaban J connectivity index is 2.00. The quantitative estimate of drug-likeness (QED) is 0.881. The van der Waals surface area contributed by atoms with E-state index < -0.39 is 34.7 Å². The Labute approximate surface area is 154 Å². The van der Waals surface area contributed by atoms with Gasteiger partial charge in [0.2, 0.25) is 0 Å². The van der Waals surface area contributed by atoms with Crippen molar-refractivity contribution in [2.75, 3.05) is 13.7 Å². The zero-order valence-electron chi connectivity index (χ0n) is 15.9. The van der Waals surface area contributed by atoms with Crippen molar-refractivity contribution in [3.63, 3.8) is 0 Å². The molecule has 26 heavy (non-hydrogen) atoms. The average Bonchev–Trinajstić information content (AvgIpc) is 3.04. The molecule has 1 amide bonds. The van der Waals surface area contributed by atoms with Crippen molar-refractivity contribution in [2.45, 2.75) is 69.2 Å². The van der Waals surface area contributed by atoms with Gasteiger partial charge in [0, 0.05) is 7.11 Å². The van der Waals surface area contributed by atoms with Gasteiger partial charge in [0.15, 0.2) is 0 Å². The van der Waals surface area contributed by atoms with Crippen LogP contribution in [0.25, 0.3) is 0 Å². The number of aliphatic hydroxyl groups is 1. The number of hydrogen-bond donors (Lipinski definition) is 1. The highest BCUT2D eigenvalue weighted by Crippen LogP contribution is 2.58. The highest BCUT2D eigenvalue weighted by molar-refractivity contribution is 5.72. The van der Waals surface area contributed by atoms with Crippen LogP contribution in [-0.2, 0) is 9.47 Å². The van der Waals surface area contributed by atoms with Gasteiger partial charge in [-0.3, -0.25) is 4.90 Å². The highest BCUT2D eigenvalue weighted by atomic mass is 19.1. The largest absolute Gasteiger partial charge is 0.444 e. The van der Waals surface area contributed by atoms with Crippen molar-refractivity contribution in [1.82, 2.24) is 4.90 Å². The van der Waals surface area contributed by atoms with Gasteiger partial charge < -0.3 is 14.6 Å². The SMILES string of the molecule is COCC12CCC([C@H](O)c3cccc(F)c3)(CC1)N2C(=O)OC(C)(C)C. The lowest BCUT2D eigenvalue weighted by molar-refractivity contribution is -0.0488. The van der Waals surface area contributed by atoms with Crippen LogP contribution in [0.3, 0.4) is 0 Å². The van der Waals surface area contributed by atoms with E-state index in [0.29, 0.717) is 25.0 Å². The topological polar surface area (TPSA) is 59.0 Å². The molecule has 6 heteroatoms. The molecule has 2 bridgehead atoms. The molecule has 5 nitrogen and oxygen atoms in total. The monoisotopic (exact) mass is 365 g/mol. The van der Waals surface area contributed by atoms with Crippen molar-refractivity contribution in [2.24, 2.45) is 0 Å². The first-order valence-electron chi connectivity index (χ1n) is 9.09. The maximum atomic E-state index is 13.7. The summed E-state index contributed by atoms with van der Waals surface area (Å²) in [5.41, 5.74) is -1.44. The number of rotatable bonds is 4. The van der Waals surface area contributed by atoms with Gasteiger partial charge in [-0.15, -0.1) is 0 Å². The molecular weight excluding hydrogens is 337 g/mol. The predicted octanol–water partition coefficient (Wildman–Crippen LogP) is 3.81. The van der Waals surface area contributed by atoms with E-state index in [9.17, 15) is 14.3 Å². The van der Waals surface area contributed by atoms with E-state index in [1.165, 1.54) is 12.1 Å². The number of amides is 1. The van der Waals surface area contributed by atoms with Crippen LogP contribution in [0.1, 0.15) is 58.1 Å². The van der Waals surface area contributed by atoms with Gasteiger partial charge in [-0.2, -0.15) is 0 Å². The molecule has 0 radical (unpaired) electrons. The van der Waals surface area contributed by atoms with E-state index in [-0.39, 0.29) is 0 Å². The Morgan fingerprint density at radius 3 is 2.50 bits per heavy atom. The fourth-order valence-corrected chi connectivity index (χ4v) is 4.61. The van der Waals surface area contributed by atoms with Crippen LogP contribution >= 0.6 is 0 Å². The Morgan fingerprint density at radius 1 is 1.31 bits per heavy atom. The molecular formula is C20H28FNO4. The van der Waals surface area contributed by atoms with Crippen molar-refractivity contribution >= 4 is 6.09 Å². The van der Waals surface area contributed by atoms with Crippen LogP contribution in [0.4, 0.5) is 9.18 Å². The minimum atomic E-state index is -0.980. The molecule has 0 aliphatic carbocycles. The molecule has 0 spiro atoms. The van der Waals surface area contributed by atoms with Gasteiger partial charge in [-0.05, 0) is 64.2 Å². The number of halogens is 1. The fraction of sp³-hybridized carbons (Fsp3) is 0.650. The van der Waals surface area contributed by atoms with E-state index in [1.807, 2.05) is 20.8 Å². The van der Waals surface area contributed by atoms with Crippen LogP contribution in [0.2, 0.25) is 0 Å². The maximum Gasteiger partial charge on any atom is 0.411 e. The first-order valence-corrected chi connectivity index (χ1v) is 9.09. The second-order valence-corrected chi connectivity index (χ2v) is 8.53. The molecule has 3 rings (SSSR count). The first-order chi connectivity index (χ1) is 12.1. The van der Waals surface area contributed by atoms with Crippen LogP contribution < -0.4 is 0 Å². The number of nitrogens with zero attached hydrogens (tertiary/aromatic N) is 1. The number of carbonyl (C=O) groups excluding carboxylic acids is 1. The number of carbonyl (C=O) groups is 1. The zero-order valence-corrected chi connectivity index (χ0v) is 15.9. The lowest BCUT2D eigenvalue weighted by Crippen LogP contribution is -2.56. The summed E-state index contributed by atoms with van der Waals surface area (Å²) >= 11 is 0. The van der Waals surface area contributed by atoms with Crippen molar-refractivity contribution in [1.29, 1.82) is 0 Å². The van der Waals surface area contributed by atoms with Crippen molar-refractivity contribution in [3.05, 3.63) is 35.6 Å². The Bertz CT molecular complexity index is 677. The van der Waals surface area contributed by atoms with Gasteiger partial charge >= 0.3 is 6.09 Å². The summed E-state index contributed by atoms with van der Waals surface area (Å²) in [5, 5.41) is 11.2. The second kappa shape index (κ2) is 6.50. The Morgan fingerprint density at radius 2 is 1.96 bits per heavy atom. The minimum Gasteiger partial charge on any atom is -0.444 e. The van der Waals surface area contributed by atoms with Gasteiger partial charge in [0.1, 0.15) is 17.5 Å². The standard InChI is InChI=1S/C20H28FNO4/c1-18(2,3)26-17(24)22-19(13-25-4)8-10-20(22,11-9-19)16(23)14-6-5-7-15(21)12-14/h5-7,12,16,23H,8-11,13H2,1-4H3/t16-,19?,20?/m1/s1. The number of ether oxygens (including phenoxy) is 2. The van der Waals surface area contributed by atoms with Crippen LogP contribution in [0.15, 0.2) is 24.3 Å². The average molecular weight is 365 g/mol. The van der Waals surface area contributed by atoms with Gasteiger partial charge in [-0.1, -0.05) is 12.1 Å². The predicted molar refractivity (Wildman–Crippen MR) is 95.2 cm³/mol. The smallest absolute Gasteiger partial charge is 0.411 e. The molecule has 2 fully saturated rings. The normalized spacial score (nSPS) is 29.1. The molecule has 1 N–H and O–H groups in total. The van der Waals surface area contributed by atoms with E-state index in [4.69, 9.17) is 9.47 Å². The lowest BCUT2D eigenvalue weighted by Gasteiger charge is -2.42. The lowest BCUT2D eigenvalue weighted by atomic mass is 9.77. The number of benzene rings is 1. The Hall–Kier alpha value is -1.66. The molecule has 2 aliphatic heterocycles. The minimum absolute atomic E-state index is 0.393. The molecule has 2 aliphatic rings. The zero-order chi connectivity index (χ0) is 19.2. The summed E-state index contributed by atoms with van der Waals surface area (Å²) in [6.45, 7) is 5.86. The van der Waals surface area contributed by atoms with E-state index >= 15 is 0 Å². The molecule has 2 heterocycles. The molecule has 1 aromatic carbocycles. The summed E-state index contributed by atoms with van der Waals surface area (Å²) < 4.78 is 24.8. The number of methoxy groups -OCH3 is 1. The van der Waals surface area contributed by atoms with Gasteiger partial charge in [-0.25, -0.2) is 9.18 Å². The summed E-state index contributed by atoms with van der Waals surface area (Å²) in [6.07, 6.45) is 1.30. The molecule has 0 saturated carbocycles. The van der Waals surface area contributed by atoms with Gasteiger partial charge in [0.25, 0.3) is 0 Å². The second-order valence-electron chi connectivity index (χ2n) is 8.53. The third-order valence-electron chi connectivity index (χ3n) is 5.63. The molecule has 1 atom stereocenters. The molecule has 144 valence electrons. The third-order valence-corrected chi connectivity index (χ3v) is 5.63. The van der Waals surface area contributed by atoms with Crippen LogP contribution in [0.5, 0.6) is 0 Å². The number of fused-ring (bicyclic) bond motifs is 2. The highest BCUT2D eigenvalue weighted by Gasteiger charge is 2.66. The molecule has 2 saturated heterocycles. The van der Waals surface area contributed by atoms with E-state index in [2.05, 4.69) is 0 Å². The number of aliphatic hydroxyl groups excluding tert-OH is 1. The van der Waals surface area contributed by atoms with Crippen LogP contribution in [0, 0.1) is 5.82 Å². The van der Waals surface area contributed by atoms with Crippen LogP contribution in [-0.4, -0.2) is 46.5 Å². The Kier molecular flexibility index (Phi) is 4.78. The number of hydrogen-bond acceptors (Lipinski definition) is 4.